The summed E-state index contributed by atoms with van der Waals surface area (Å²) in [7, 11) is 0. The molecule has 0 unspecified atom stereocenters. The van der Waals surface area contributed by atoms with E-state index in [-0.39, 0.29) is 0 Å². The average molecular weight is 335 g/mol. The standard InChI is InChI=1S/C18H17N5S/c19-11-12-5-6-15-16(9-12)24-18(22-15)23-17-10-14(7-8-20-17)21-13-3-1-2-4-13/h5-10,13H,1-4H2,(H2,20,21,22,23). The van der Waals surface area contributed by atoms with Crippen LogP contribution in [0.3, 0.4) is 0 Å². The summed E-state index contributed by atoms with van der Waals surface area (Å²) in [5.74, 6) is 0.776. The van der Waals surface area contributed by atoms with Gasteiger partial charge >= 0.3 is 0 Å². The zero-order valence-corrected chi connectivity index (χ0v) is 13.9. The lowest BCUT2D eigenvalue weighted by atomic mass is 10.2. The van der Waals surface area contributed by atoms with Crippen LogP contribution in [0.1, 0.15) is 31.2 Å². The molecule has 3 aromatic rings. The number of hydrogen-bond donors (Lipinski definition) is 2. The number of benzene rings is 1. The first-order chi connectivity index (χ1) is 11.8. The molecule has 0 aliphatic heterocycles. The fourth-order valence-corrected chi connectivity index (χ4v) is 3.96. The first-order valence-electron chi connectivity index (χ1n) is 8.10. The zero-order valence-electron chi connectivity index (χ0n) is 13.1. The maximum atomic E-state index is 8.99. The molecule has 0 spiro atoms. The van der Waals surface area contributed by atoms with Gasteiger partial charge in [0.15, 0.2) is 5.13 Å². The van der Waals surface area contributed by atoms with Crippen LogP contribution in [0.25, 0.3) is 10.2 Å². The molecule has 1 aliphatic rings. The Kier molecular flexibility index (Phi) is 4.01. The SMILES string of the molecule is N#Cc1ccc2nc(Nc3cc(NC4CCCC4)ccn3)sc2c1. The molecule has 2 heterocycles. The number of fused-ring (bicyclic) bond motifs is 1. The maximum Gasteiger partial charge on any atom is 0.189 e. The summed E-state index contributed by atoms with van der Waals surface area (Å²) in [6, 6.07) is 12.3. The monoisotopic (exact) mass is 335 g/mol. The van der Waals surface area contributed by atoms with Crippen LogP contribution < -0.4 is 10.6 Å². The molecule has 2 aromatic heterocycles. The largest absolute Gasteiger partial charge is 0.382 e. The maximum absolute atomic E-state index is 8.99. The Morgan fingerprint density at radius 3 is 2.88 bits per heavy atom. The second-order valence-electron chi connectivity index (χ2n) is 5.99. The van der Waals surface area contributed by atoms with Crippen LogP contribution in [0.15, 0.2) is 36.5 Å². The molecule has 0 atom stereocenters. The van der Waals surface area contributed by atoms with Crippen LogP contribution in [-0.4, -0.2) is 16.0 Å². The van der Waals surface area contributed by atoms with E-state index < -0.39 is 0 Å². The van der Waals surface area contributed by atoms with Crippen molar-refractivity contribution in [2.75, 3.05) is 10.6 Å². The third kappa shape index (κ3) is 3.17. The van der Waals surface area contributed by atoms with E-state index in [9.17, 15) is 0 Å². The van der Waals surface area contributed by atoms with E-state index in [0.29, 0.717) is 11.6 Å². The van der Waals surface area contributed by atoms with E-state index >= 15 is 0 Å². The Morgan fingerprint density at radius 2 is 2.04 bits per heavy atom. The molecule has 1 aliphatic carbocycles. The van der Waals surface area contributed by atoms with Crippen molar-refractivity contribution in [2.45, 2.75) is 31.7 Å². The van der Waals surface area contributed by atoms with Gasteiger partial charge < -0.3 is 10.6 Å². The summed E-state index contributed by atoms with van der Waals surface area (Å²) in [6.07, 6.45) is 6.91. The molecule has 0 radical (unpaired) electrons. The minimum absolute atomic E-state index is 0.576. The number of nitriles is 1. The lowest BCUT2D eigenvalue weighted by molar-refractivity contribution is 0.755. The van der Waals surface area contributed by atoms with E-state index in [1.807, 2.05) is 24.3 Å². The molecule has 1 saturated carbocycles. The lowest BCUT2D eigenvalue weighted by Gasteiger charge is -2.14. The van der Waals surface area contributed by atoms with Gasteiger partial charge in [-0.1, -0.05) is 24.2 Å². The van der Waals surface area contributed by atoms with Crippen molar-refractivity contribution in [2.24, 2.45) is 0 Å². The predicted molar refractivity (Wildman–Crippen MR) is 97.7 cm³/mol. The van der Waals surface area contributed by atoms with Crippen molar-refractivity contribution in [3.8, 4) is 6.07 Å². The highest BCUT2D eigenvalue weighted by molar-refractivity contribution is 7.22. The molecule has 120 valence electrons. The molecule has 4 rings (SSSR count). The molecule has 0 amide bonds. The second-order valence-corrected chi connectivity index (χ2v) is 7.02. The van der Waals surface area contributed by atoms with Crippen LogP contribution in [0.4, 0.5) is 16.6 Å². The number of anilines is 3. The Morgan fingerprint density at radius 1 is 1.17 bits per heavy atom. The smallest absolute Gasteiger partial charge is 0.189 e. The van der Waals surface area contributed by atoms with Gasteiger partial charge in [0.2, 0.25) is 0 Å². The predicted octanol–water partition coefficient (Wildman–Crippen LogP) is 4.66. The third-order valence-electron chi connectivity index (χ3n) is 4.24. The first-order valence-corrected chi connectivity index (χ1v) is 8.92. The summed E-state index contributed by atoms with van der Waals surface area (Å²) >= 11 is 1.53. The van der Waals surface area contributed by atoms with Crippen LogP contribution in [-0.2, 0) is 0 Å². The molecular formula is C18H17N5S. The quantitative estimate of drug-likeness (QED) is 0.725. The van der Waals surface area contributed by atoms with E-state index in [2.05, 4.69) is 26.7 Å². The molecule has 24 heavy (non-hydrogen) atoms. The highest BCUT2D eigenvalue weighted by atomic mass is 32.1. The van der Waals surface area contributed by atoms with Gasteiger partial charge in [0.25, 0.3) is 0 Å². The highest BCUT2D eigenvalue weighted by Crippen LogP contribution is 2.29. The first kappa shape index (κ1) is 14.9. The summed E-state index contributed by atoms with van der Waals surface area (Å²) in [4.78, 5) is 8.93. The Hall–Kier alpha value is -2.65. The topological polar surface area (TPSA) is 73.6 Å². The number of rotatable bonds is 4. The summed E-state index contributed by atoms with van der Waals surface area (Å²) in [6.45, 7) is 0. The van der Waals surface area contributed by atoms with Gasteiger partial charge in [-0.2, -0.15) is 5.26 Å². The highest BCUT2D eigenvalue weighted by Gasteiger charge is 2.14. The van der Waals surface area contributed by atoms with Crippen molar-refractivity contribution in [1.82, 2.24) is 9.97 Å². The molecular weight excluding hydrogens is 318 g/mol. The van der Waals surface area contributed by atoms with Gasteiger partial charge in [-0.3, -0.25) is 0 Å². The van der Waals surface area contributed by atoms with Crippen molar-refractivity contribution in [3.63, 3.8) is 0 Å². The molecule has 0 bridgehead atoms. The number of pyridine rings is 1. The molecule has 2 N–H and O–H groups in total. The fourth-order valence-electron chi connectivity index (χ4n) is 3.05. The van der Waals surface area contributed by atoms with Crippen LogP contribution in [0, 0.1) is 11.3 Å². The van der Waals surface area contributed by atoms with Crippen LogP contribution >= 0.6 is 11.3 Å². The fraction of sp³-hybridized carbons (Fsp3) is 0.278. The van der Waals surface area contributed by atoms with E-state index in [1.54, 1.807) is 12.3 Å². The Labute approximate surface area is 144 Å². The number of nitrogens with zero attached hydrogens (tertiary/aromatic N) is 3. The molecule has 1 fully saturated rings. The molecule has 5 nitrogen and oxygen atoms in total. The van der Waals surface area contributed by atoms with Gasteiger partial charge in [-0.15, -0.1) is 0 Å². The summed E-state index contributed by atoms with van der Waals surface area (Å²) in [5, 5.41) is 16.6. The van der Waals surface area contributed by atoms with Crippen molar-refractivity contribution < 1.29 is 0 Å². The molecule has 1 aromatic carbocycles. The molecule has 6 heteroatoms. The average Bonchev–Trinajstić information content (AvgIpc) is 3.23. The van der Waals surface area contributed by atoms with Crippen LogP contribution in [0.2, 0.25) is 0 Å². The van der Waals surface area contributed by atoms with Gasteiger partial charge in [-0.05, 0) is 37.1 Å². The Bertz CT molecular complexity index is 905. The normalized spacial score (nSPS) is 14.6. The summed E-state index contributed by atoms with van der Waals surface area (Å²) in [5.41, 5.74) is 2.63. The molecule has 0 saturated heterocycles. The summed E-state index contributed by atoms with van der Waals surface area (Å²) < 4.78 is 0.997. The minimum Gasteiger partial charge on any atom is -0.382 e. The number of aromatic nitrogens is 2. The van der Waals surface area contributed by atoms with Crippen molar-refractivity contribution in [1.29, 1.82) is 5.26 Å². The van der Waals surface area contributed by atoms with Gasteiger partial charge in [0, 0.05) is 24.0 Å². The zero-order chi connectivity index (χ0) is 16.4. The van der Waals surface area contributed by atoms with E-state index in [1.165, 1.54) is 37.0 Å². The van der Waals surface area contributed by atoms with E-state index in [0.717, 1.165) is 26.9 Å². The van der Waals surface area contributed by atoms with Crippen LogP contribution in [0.5, 0.6) is 0 Å². The number of nitrogens with one attached hydrogen (secondary N) is 2. The minimum atomic E-state index is 0.576. The van der Waals surface area contributed by atoms with Gasteiger partial charge in [0.05, 0.1) is 21.8 Å². The third-order valence-corrected chi connectivity index (χ3v) is 5.17. The van der Waals surface area contributed by atoms with Crippen molar-refractivity contribution >= 4 is 38.2 Å². The van der Waals surface area contributed by atoms with E-state index in [4.69, 9.17) is 5.26 Å². The lowest BCUT2D eigenvalue weighted by Crippen LogP contribution is -2.14. The van der Waals surface area contributed by atoms with Crippen molar-refractivity contribution in [3.05, 3.63) is 42.1 Å². The second kappa shape index (κ2) is 6.46. The van der Waals surface area contributed by atoms with Gasteiger partial charge in [0.1, 0.15) is 5.82 Å². The van der Waals surface area contributed by atoms with Gasteiger partial charge in [-0.25, -0.2) is 9.97 Å². The number of hydrogen-bond acceptors (Lipinski definition) is 6. The Balaban J connectivity index is 1.53. The number of thiazole rings is 1.